The molecule has 4 rings (SSSR count). The molecule has 0 saturated carbocycles. The van der Waals surface area contributed by atoms with Crippen LogP contribution in [0, 0.1) is 0 Å². The minimum atomic E-state index is -5.02. The zero-order valence-corrected chi connectivity index (χ0v) is 19.5. The Bertz CT molecular complexity index is 1120. The van der Waals surface area contributed by atoms with Gasteiger partial charge in [0.25, 0.3) is 0 Å². The number of aliphatic hydroxyl groups excluding tert-OH is 1. The van der Waals surface area contributed by atoms with E-state index >= 15 is 0 Å². The number of hydrogen-bond acceptors (Lipinski definition) is 4. The lowest BCUT2D eigenvalue weighted by molar-refractivity contribution is -0.238. The molecule has 1 heterocycles. The molecule has 0 amide bonds. The van der Waals surface area contributed by atoms with E-state index < -0.39 is 54.1 Å². The maximum absolute atomic E-state index is 13.4. The van der Waals surface area contributed by atoms with Gasteiger partial charge in [-0.15, -0.1) is 0 Å². The molecule has 0 radical (unpaired) electrons. The average Bonchev–Trinajstić information content (AvgIpc) is 2.87. The summed E-state index contributed by atoms with van der Waals surface area (Å²) in [5.74, 6) is 0. The molecule has 3 aromatic carbocycles. The SMILES string of the molecule is OC[C@@H](O[C@H]1OCCN(Cc2ccccc2)[C@H]1c1ccccc1)c1cc(C(F)(F)F)cc(C(F)(F)F)c1. The van der Waals surface area contributed by atoms with Gasteiger partial charge in [0.15, 0.2) is 6.29 Å². The number of morpholine rings is 1. The molecular formula is C27H25F6NO3. The fraction of sp³-hybridized carbons (Fsp3) is 0.333. The third-order valence-electron chi connectivity index (χ3n) is 6.13. The third kappa shape index (κ3) is 6.70. The minimum Gasteiger partial charge on any atom is -0.393 e. The predicted octanol–water partition coefficient (Wildman–Crippen LogP) is 6.37. The van der Waals surface area contributed by atoms with E-state index in [-0.39, 0.29) is 12.7 Å². The van der Waals surface area contributed by atoms with Crippen LogP contribution in [0.2, 0.25) is 0 Å². The van der Waals surface area contributed by atoms with Crippen LogP contribution in [-0.4, -0.2) is 36.1 Å². The van der Waals surface area contributed by atoms with Gasteiger partial charge >= 0.3 is 12.4 Å². The van der Waals surface area contributed by atoms with Crippen LogP contribution in [-0.2, 0) is 28.4 Å². The van der Waals surface area contributed by atoms with Crippen molar-refractivity contribution in [2.45, 2.75) is 37.3 Å². The lowest BCUT2D eigenvalue weighted by atomic mass is 10.00. The Morgan fingerprint density at radius 1 is 0.865 bits per heavy atom. The number of aliphatic hydroxyl groups is 1. The Balaban J connectivity index is 1.68. The summed E-state index contributed by atoms with van der Waals surface area (Å²) in [6.45, 7) is 0.392. The zero-order valence-electron chi connectivity index (χ0n) is 19.5. The van der Waals surface area contributed by atoms with Crippen molar-refractivity contribution in [1.29, 1.82) is 0 Å². The smallest absolute Gasteiger partial charge is 0.393 e. The summed E-state index contributed by atoms with van der Waals surface area (Å²) in [7, 11) is 0. The summed E-state index contributed by atoms with van der Waals surface area (Å²) < 4.78 is 92.2. The average molecular weight is 525 g/mol. The molecule has 0 aliphatic carbocycles. The van der Waals surface area contributed by atoms with Gasteiger partial charge in [0.1, 0.15) is 6.10 Å². The topological polar surface area (TPSA) is 41.9 Å². The van der Waals surface area contributed by atoms with E-state index in [1.165, 1.54) is 0 Å². The van der Waals surface area contributed by atoms with Crippen molar-refractivity contribution >= 4 is 0 Å². The first-order valence-corrected chi connectivity index (χ1v) is 11.6. The molecule has 1 N–H and O–H groups in total. The van der Waals surface area contributed by atoms with Gasteiger partial charge in [-0.3, -0.25) is 4.90 Å². The normalized spacial score (nSPS) is 20.1. The highest BCUT2D eigenvalue weighted by Crippen LogP contribution is 2.40. The molecule has 1 aliphatic rings. The third-order valence-corrected chi connectivity index (χ3v) is 6.13. The van der Waals surface area contributed by atoms with Crippen molar-refractivity contribution in [3.63, 3.8) is 0 Å². The van der Waals surface area contributed by atoms with Crippen LogP contribution >= 0.6 is 0 Å². The largest absolute Gasteiger partial charge is 0.416 e. The molecule has 0 bridgehead atoms. The zero-order chi connectivity index (χ0) is 26.6. The van der Waals surface area contributed by atoms with Crippen molar-refractivity contribution in [2.24, 2.45) is 0 Å². The number of hydrogen-bond donors (Lipinski definition) is 1. The highest BCUT2D eigenvalue weighted by molar-refractivity contribution is 5.35. The Morgan fingerprint density at radius 2 is 1.43 bits per heavy atom. The van der Waals surface area contributed by atoms with Gasteiger partial charge < -0.3 is 14.6 Å². The Labute approximate surface area is 210 Å². The molecule has 3 aromatic rings. The molecule has 198 valence electrons. The maximum atomic E-state index is 13.4. The Kier molecular flexibility index (Phi) is 8.23. The van der Waals surface area contributed by atoms with Crippen LogP contribution < -0.4 is 0 Å². The fourth-order valence-corrected chi connectivity index (χ4v) is 4.37. The quantitative estimate of drug-likeness (QED) is 0.364. The number of nitrogens with zero attached hydrogens (tertiary/aromatic N) is 1. The molecular weight excluding hydrogens is 500 g/mol. The van der Waals surface area contributed by atoms with Crippen LogP contribution in [0.5, 0.6) is 0 Å². The lowest BCUT2D eigenvalue weighted by Crippen LogP contribution is -2.46. The minimum absolute atomic E-state index is 0.0451. The number of alkyl halides is 6. The van der Waals surface area contributed by atoms with Gasteiger partial charge in [-0.05, 0) is 34.9 Å². The number of benzene rings is 3. The molecule has 1 aliphatic heterocycles. The maximum Gasteiger partial charge on any atom is 0.416 e. The Hall–Kier alpha value is -2.92. The molecule has 10 heteroatoms. The van der Waals surface area contributed by atoms with Gasteiger partial charge in [-0.25, -0.2) is 0 Å². The van der Waals surface area contributed by atoms with E-state index in [1.807, 2.05) is 60.7 Å². The Morgan fingerprint density at radius 3 is 1.97 bits per heavy atom. The second kappa shape index (κ2) is 11.2. The summed E-state index contributed by atoms with van der Waals surface area (Å²) >= 11 is 0. The molecule has 4 nitrogen and oxygen atoms in total. The highest BCUT2D eigenvalue weighted by Gasteiger charge is 2.40. The second-order valence-electron chi connectivity index (χ2n) is 8.70. The summed E-state index contributed by atoms with van der Waals surface area (Å²) in [6.07, 6.45) is -12.6. The van der Waals surface area contributed by atoms with Crippen molar-refractivity contribution in [3.05, 3.63) is 107 Å². The highest BCUT2D eigenvalue weighted by atomic mass is 19.4. The van der Waals surface area contributed by atoms with Crippen molar-refractivity contribution in [3.8, 4) is 0 Å². The molecule has 0 aromatic heterocycles. The van der Waals surface area contributed by atoms with E-state index in [9.17, 15) is 31.4 Å². The van der Waals surface area contributed by atoms with E-state index in [2.05, 4.69) is 4.90 Å². The first-order chi connectivity index (χ1) is 17.6. The number of halogens is 6. The summed E-state index contributed by atoms with van der Waals surface area (Å²) in [5.41, 5.74) is -1.60. The summed E-state index contributed by atoms with van der Waals surface area (Å²) in [6, 6.07) is 19.4. The van der Waals surface area contributed by atoms with Crippen LogP contribution in [0.25, 0.3) is 0 Å². The summed E-state index contributed by atoms with van der Waals surface area (Å²) in [4.78, 5) is 2.07. The van der Waals surface area contributed by atoms with Crippen molar-refractivity contribution < 1.29 is 40.9 Å². The van der Waals surface area contributed by atoms with Crippen molar-refractivity contribution in [1.82, 2.24) is 4.90 Å². The molecule has 37 heavy (non-hydrogen) atoms. The van der Waals surface area contributed by atoms with E-state index in [1.54, 1.807) is 0 Å². The van der Waals surface area contributed by atoms with Gasteiger partial charge in [0.05, 0.1) is 30.4 Å². The standard InChI is InChI=1S/C27H25F6NO3/c28-26(29,30)21-13-20(14-22(15-21)27(31,32)33)23(17-35)37-25-24(19-9-5-2-6-10-19)34(11-12-36-25)16-18-7-3-1-4-8-18/h1-10,13-15,23-25,35H,11-12,16-17H2/t23-,24+,25-/m1/s1. The lowest BCUT2D eigenvalue weighted by Gasteiger charge is -2.42. The van der Waals surface area contributed by atoms with Crippen LogP contribution in [0.3, 0.4) is 0 Å². The molecule has 1 fully saturated rings. The van der Waals surface area contributed by atoms with E-state index in [0.717, 1.165) is 11.1 Å². The van der Waals surface area contributed by atoms with E-state index in [4.69, 9.17) is 9.47 Å². The number of rotatable bonds is 7. The van der Waals surface area contributed by atoms with Crippen LogP contribution in [0.15, 0.2) is 78.9 Å². The van der Waals surface area contributed by atoms with Gasteiger partial charge in [0.2, 0.25) is 0 Å². The monoisotopic (exact) mass is 525 g/mol. The van der Waals surface area contributed by atoms with Crippen LogP contribution in [0.1, 0.15) is 40.0 Å². The van der Waals surface area contributed by atoms with Gasteiger partial charge in [-0.2, -0.15) is 26.3 Å². The van der Waals surface area contributed by atoms with Gasteiger partial charge in [0, 0.05) is 13.1 Å². The first-order valence-electron chi connectivity index (χ1n) is 11.6. The first kappa shape index (κ1) is 27.1. The number of ether oxygens (including phenoxy) is 2. The molecule has 3 atom stereocenters. The molecule has 0 spiro atoms. The van der Waals surface area contributed by atoms with E-state index in [0.29, 0.717) is 25.2 Å². The van der Waals surface area contributed by atoms with Gasteiger partial charge in [-0.1, -0.05) is 60.7 Å². The molecule has 0 unspecified atom stereocenters. The fourth-order valence-electron chi connectivity index (χ4n) is 4.37. The second-order valence-corrected chi connectivity index (χ2v) is 8.70. The molecule has 1 saturated heterocycles. The van der Waals surface area contributed by atoms with Crippen molar-refractivity contribution in [2.75, 3.05) is 19.8 Å². The predicted molar refractivity (Wildman–Crippen MR) is 123 cm³/mol. The summed E-state index contributed by atoms with van der Waals surface area (Å²) in [5, 5.41) is 10.00. The van der Waals surface area contributed by atoms with Crippen LogP contribution in [0.4, 0.5) is 26.3 Å².